The van der Waals surface area contributed by atoms with Gasteiger partial charge in [-0.05, 0) is 42.2 Å². The summed E-state index contributed by atoms with van der Waals surface area (Å²) in [6, 6.07) is 22.7. The number of aliphatic hydroxyl groups excluding tert-OH is 1. The van der Waals surface area contributed by atoms with Crippen molar-refractivity contribution in [3.63, 3.8) is 0 Å². The van der Waals surface area contributed by atoms with Crippen LogP contribution < -0.4 is 4.72 Å². The molecule has 7 nitrogen and oxygen atoms in total. The normalized spacial score (nSPS) is 18.4. The second-order valence-electron chi connectivity index (χ2n) is 9.49. The van der Waals surface area contributed by atoms with E-state index in [0.29, 0.717) is 13.0 Å². The summed E-state index contributed by atoms with van der Waals surface area (Å²) in [5.74, 6) is -1.53. The van der Waals surface area contributed by atoms with Crippen LogP contribution in [0.2, 0.25) is 0 Å². The minimum Gasteiger partial charge on any atom is -0.460 e. The Hall–Kier alpha value is -3.30. The number of nitrogens with one attached hydrogen (secondary N) is 1. The van der Waals surface area contributed by atoms with Gasteiger partial charge in [-0.2, -0.15) is 4.72 Å². The highest BCUT2D eigenvalue weighted by atomic mass is 32.2. The lowest BCUT2D eigenvalue weighted by atomic mass is 9.99. The first-order valence-electron chi connectivity index (χ1n) is 12.6. The molecule has 200 valence electrons. The van der Waals surface area contributed by atoms with Crippen molar-refractivity contribution in [2.45, 2.75) is 49.5 Å². The number of aryl methyl sites for hydroxylation is 1. The van der Waals surface area contributed by atoms with Gasteiger partial charge in [0, 0.05) is 6.42 Å². The molecule has 3 aromatic carbocycles. The molecule has 38 heavy (non-hydrogen) atoms. The summed E-state index contributed by atoms with van der Waals surface area (Å²) < 4.78 is 40.7. The third-order valence-electron chi connectivity index (χ3n) is 6.65. The van der Waals surface area contributed by atoms with E-state index in [1.165, 1.54) is 0 Å². The monoisotopic (exact) mass is 535 g/mol. The van der Waals surface area contributed by atoms with Crippen LogP contribution >= 0.6 is 0 Å². The summed E-state index contributed by atoms with van der Waals surface area (Å²) in [5.41, 5.74) is 3.55. The average Bonchev–Trinajstić information content (AvgIpc) is 3.24. The van der Waals surface area contributed by atoms with E-state index in [0.717, 1.165) is 22.3 Å². The molecule has 0 aliphatic heterocycles. The zero-order valence-corrected chi connectivity index (χ0v) is 22.1. The predicted octanol–water partition coefficient (Wildman–Crippen LogP) is 4.25. The molecule has 0 fully saturated rings. The number of rotatable bonds is 12. The van der Waals surface area contributed by atoms with Crippen LogP contribution in [0.25, 0.3) is 0 Å². The second-order valence-corrected chi connectivity index (χ2v) is 11.2. The molecule has 0 radical (unpaired) electrons. The van der Waals surface area contributed by atoms with Crippen LogP contribution in [-0.4, -0.2) is 38.3 Å². The van der Waals surface area contributed by atoms with E-state index < -0.39 is 40.2 Å². The summed E-state index contributed by atoms with van der Waals surface area (Å²) in [5, 5.41) is 10.8. The number of carbonyl (C=O) groups is 1. The Morgan fingerprint density at radius 2 is 1.76 bits per heavy atom. The highest BCUT2D eigenvalue weighted by Gasteiger charge is 2.40. The molecule has 0 bridgehead atoms. The summed E-state index contributed by atoms with van der Waals surface area (Å²) >= 11 is 0. The van der Waals surface area contributed by atoms with Gasteiger partial charge in [-0.25, -0.2) is 8.42 Å². The van der Waals surface area contributed by atoms with E-state index in [4.69, 9.17) is 9.47 Å². The lowest BCUT2D eigenvalue weighted by Gasteiger charge is -2.26. The van der Waals surface area contributed by atoms with Gasteiger partial charge < -0.3 is 14.6 Å². The quantitative estimate of drug-likeness (QED) is 0.266. The van der Waals surface area contributed by atoms with E-state index in [1.807, 2.05) is 61.5 Å². The van der Waals surface area contributed by atoms with Gasteiger partial charge in [0.1, 0.15) is 6.10 Å². The molecule has 4 rings (SSSR count). The highest BCUT2D eigenvalue weighted by Crippen LogP contribution is 2.35. The van der Waals surface area contributed by atoms with Crippen LogP contribution in [0.5, 0.6) is 0 Å². The minimum absolute atomic E-state index is 0.0587. The fraction of sp³-hybridized carbons (Fsp3) is 0.300. The van der Waals surface area contributed by atoms with Gasteiger partial charge in [-0.3, -0.25) is 4.79 Å². The zero-order chi connectivity index (χ0) is 27.1. The molecule has 0 heterocycles. The van der Waals surface area contributed by atoms with Crippen molar-refractivity contribution in [2.75, 3.05) is 6.61 Å². The number of benzene rings is 3. The second kappa shape index (κ2) is 12.5. The third kappa shape index (κ3) is 6.76. The Labute approximate surface area is 224 Å². The Bertz CT molecular complexity index is 1340. The maximum Gasteiger partial charge on any atom is 0.312 e. The van der Waals surface area contributed by atoms with Crippen LogP contribution in [0.3, 0.4) is 0 Å². The number of aliphatic hydroxyl groups is 1. The van der Waals surface area contributed by atoms with Crippen LogP contribution in [0, 0.1) is 12.8 Å². The first-order valence-corrected chi connectivity index (χ1v) is 14.0. The van der Waals surface area contributed by atoms with Gasteiger partial charge >= 0.3 is 5.97 Å². The molecule has 3 aromatic rings. The number of allylic oxidation sites excluding steroid dienone is 1. The Balaban J connectivity index is 1.47. The summed E-state index contributed by atoms with van der Waals surface area (Å²) in [7, 11) is -3.88. The maximum absolute atomic E-state index is 13.3. The first kappa shape index (κ1) is 27.7. The minimum atomic E-state index is -3.88. The number of ether oxygens (including phenoxy) is 2. The number of esters is 1. The third-order valence-corrected chi connectivity index (χ3v) is 8.11. The molecule has 0 unspecified atom stereocenters. The van der Waals surface area contributed by atoms with Crippen LogP contribution in [0.4, 0.5) is 0 Å². The van der Waals surface area contributed by atoms with Crippen molar-refractivity contribution < 1.29 is 27.8 Å². The van der Waals surface area contributed by atoms with E-state index in [-0.39, 0.29) is 17.9 Å². The molecule has 8 heteroatoms. The van der Waals surface area contributed by atoms with E-state index in [2.05, 4.69) is 11.3 Å². The maximum atomic E-state index is 13.3. The van der Waals surface area contributed by atoms with Crippen molar-refractivity contribution in [2.24, 2.45) is 5.92 Å². The van der Waals surface area contributed by atoms with Crippen LogP contribution in [0.1, 0.15) is 34.7 Å². The van der Waals surface area contributed by atoms with Crippen molar-refractivity contribution in [3.05, 3.63) is 114 Å². The summed E-state index contributed by atoms with van der Waals surface area (Å²) in [6.07, 6.45) is 0.201. The van der Waals surface area contributed by atoms with E-state index in [1.54, 1.807) is 30.3 Å². The van der Waals surface area contributed by atoms with Gasteiger partial charge in [0.25, 0.3) is 0 Å². The van der Waals surface area contributed by atoms with Gasteiger partial charge in [-0.1, -0.05) is 78.4 Å². The fourth-order valence-corrected chi connectivity index (χ4v) is 5.82. The molecule has 0 spiro atoms. The van der Waals surface area contributed by atoms with Crippen molar-refractivity contribution in [1.82, 2.24) is 4.72 Å². The van der Waals surface area contributed by atoms with Crippen molar-refractivity contribution in [3.8, 4) is 0 Å². The van der Waals surface area contributed by atoms with E-state index >= 15 is 0 Å². The summed E-state index contributed by atoms with van der Waals surface area (Å²) in [4.78, 5) is 13.4. The molecule has 0 saturated carbocycles. The van der Waals surface area contributed by atoms with Gasteiger partial charge in [-0.15, -0.1) is 6.58 Å². The van der Waals surface area contributed by atoms with Gasteiger partial charge in [0.2, 0.25) is 10.0 Å². The number of hydrogen-bond acceptors (Lipinski definition) is 6. The zero-order valence-electron chi connectivity index (χ0n) is 21.3. The van der Waals surface area contributed by atoms with Crippen LogP contribution in [0.15, 0.2) is 96.4 Å². The molecule has 4 atom stereocenters. The molecule has 0 aromatic heterocycles. The number of fused-ring (bicyclic) bond motifs is 1. The Kier molecular flexibility index (Phi) is 9.12. The average molecular weight is 536 g/mol. The molecular weight excluding hydrogens is 502 g/mol. The molecule has 2 N–H and O–H groups in total. The lowest BCUT2D eigenvalue weighted by molar-refractivity contribution is -0.160. The molecule has 0 saturated heterocycles. The van der Waals surface area contributed by atoms with E-state index in [9.17, 15) is 18.3 Å². The number of carbonyl (C=O) groups excluding carboxylic acids is 1. The van der Waals surface area contributed by atoms with Crippen LogP contribution in [-0.2, 0) is 37.3 Å². The molecule has 1 aliphatic rings. The van der Waals surface area contributed by atoms with Gasteiger partial charge in [0.15, 0.2) is 0 Å². The first-order chi connectivity index (χ1) is 18.3. The number of hydrogen-bond donors (Lipinski definition) is 2. The molecule has 0 amide bonds. The Morgan fingerprint density at radius 3 is 2.47 bits per heavy atom. The summed E-state index contributed by atoms with van der Waals surface area (Å²) in [6.45, 7) is 5.83. The largest absolute Gasteiger partial charge is 0.460 e. The number of sulfonamides is 1. The highest BCUT2D eigenvalue weighted by molar-refractivity contribution is 7.89. The van der Waals surface area contributed by atoms with Gasteiger partial charge in [0.05, 0.1) is 36.2 Å². The SMILES string of the molecule is C=CC[C@H](C(=O)O[C@@H]1Cc2ccccc2[C@@H]1NS(=O)(=O)c1ccc(C)cc1)[C@H](O)COCc1ccccc1. The van der Waals surface area contributed by atoms with Crippen molar-refractivity contribution in [1.29, 1.82) is 0 Å². The predicted molar refractivity (Wildman–Crippen MR) is 145 cm³/mol. The topological polar surface area (TPSA) is 102 Å². The molecule has 1 aliphatic carbocycles. The fourth-order valence-electron chi connectivity index (χ4n) is 4.57. The lowest BCUT2D eigenvalue weighted by Crippen LogP contribution is -2.40. The smallest absolute Gasteiger partial charge is 0.312 e. The van der Waals surface area contributed by atoms with Crippen molar-refractivity contribution >= 4 is 16.0 Å². The Morgan fingerprint density at radius 1 is 1.08 bits per heavy atom. The molecular formula is C30H33NO6S. The standard InChI is InChI=1S/C30H33NO6S/c1-3-9-26(27(32)20-36-19-22-10-5-4-6-11-22)30(33)37-28-18-23-12-7-8-13-25(23)29(28)31-38(34,35)24-16-14-21(2)15-17-24/h3-8,10-17,26-29,31-32H,1,9,18-20H2,2H3/t26-,27+,28+,29-/m0/s1.